The maximum Gasteiger partial charge on any atom is 0.349 e. The van der Waals surface area contributed by atoms with Crippen LogP contribution in [-0.4, -0.2) is 91.7 Å². The average Bonchev–Trinajstić information content (AvgIpc) is 3.92. The fourth-order valence-electron chi connectivity index (χ4n) is 11.6. The van der Waals surface area contributed by atoms with E-state index >= 15 is 0 Å². The molecule has 0 unspecified atom stereocenters. The van der Waals surface area contributed by atoms with Gasteiger partial charge in [0.1, 0.15) is 73.0 Å². The zero-order chi connectivity index (χ0) is 52.9. The highest BCUT2D eigenvalue weighted by Crippen LogP contribution is 2.47. The maximum atomic E-state index is 14.2. The molecule has 6 aliphatic rings. The third-order valence-electron chi connectivity index (χ3n) is 15.2. The van der Waals surface area contributed by atoms with Crippen molar-refractivity contribution in [3.8, 4) is 36.4 Å². The van der Waals surface area contributed by atoms with E-state index in [0.717, 1.165) is 133 Å². The molecule has 0 saturated carbocycles. The number of carbonyl (C=O) groups excluding carboxylic acids is 3. The van der Waals surface area contributed by atoms with Gasteiger partial charge in [-0.2, -0.15) is 31.6 Å². The molecule has 0 N–H and O–H groups in total. The second kappa shape index (κ2) is 24.7. The Bertz CT molecular complexity index is 2330. The first kappa shape index (κ1) is 55.5. The number of likely N-dealkylation sites (tertiary alicyclic amines) is 3. The van der Waals surface area contributed by atoms with Crippen molar-refractivity contribution in [1.82, 2.24) is 14.7 Å². The summed E-state index contributed by atoms with van der Waals surface area (Å²) >= 11 is 0. The van der Waals surface area contributed by atoms with Gasteiger partial charge >= 0.3 is 17.9 Å². The minimum absolute atomic E-state index is 0.270. The van der Waals surface area contributed by atoms with Gasteiger partial charge in [0.25, 0.3) is 0 Å². The lowest BCUT2D eigenvalue weighted by atomic mass is 9.72. The predicted octanol–water partition coefficient (Wildman–Crippen LogP) is 10.1. The van der Waals surface area contributed by atoms with Gasteiger partial charge < -0.3 is 28.9 Å². The van der Waals surface area contributed by atoms with Crippen LogP contribution in [0.4, 0.5) is 0 Å². The normalized spacial score (nSPS) is 23.4. The molecule has 73 heavy (non-hydrogen) atoms. The molecular formula is C58H73N9O6. The zero-order valence-corrected chi connectivity index (χ0v) is 44.1. The number of nitriles is 6. The van der Waals surface area contributed by atoms with Crippen molar-refractivity contribution in [1.29, 1.82) is 31.6 Å². The molecule has 3 aliphatic carbocycles. The highest BCUT2D eigenvalue weighted by atomic mass is 16.6. The van der Waals surface area contributed by atoms with Gasteiger partial charge in [-0.25, -0.2) is 14.4 Å². The van der Waals surface area contributed by atoms with Gasteiger partial charge in [-0.3, -0.25) is 0 Å². The smallest absolute Gasteiger partial charge is 0.349 e. The highest BCUT2D eigenvalue weighted by molar-refractivity contribution is 5.96. The highest BCUT2D eigenvalue weighted by Gasteiger charge is 2.40. The lowest BCUT2D eigenvalue weighted by Gasteiger charge is -2.38. The first-order chi connectivity index (χ1) is 34.9. The second-order valence-corrected chi connectivity index (χ2v) is 23.1. The lowest BCUT2D eigenvalue weighted by molar-refractivity contribution is -0.148. The molecule has 0 amide bonds. The Hall–Kier alpha value is -6.81. The summed E-state index contributed by atoms with van der Waals surface area (Å²) in [7, 11) is 0. The monoisotopic (exact) mass is 992 g/mol. The summed E-state index contributed by atoms with van der Waals surface area (Å²) in [6.07, 6.45) is 14.9. The Balaban J connectivity index is 1.33. The Morgan fingerprint density at radius 2 is 0.644 bits per heavy atom. The zero-order valence-electron chi connectivity index (χ0n) is 44.1. The van der Waals surface area contributed by atoms with Crippen LogP contribution in [0, 0.1) is 90.1 Å². The largest absolute Gasteiger partial charge is 0.461 e. The molecule has 0 radical (unpaired) electrons. The molecule has 15 heteroatoms. The third kappa shape index (κ3) is 13.8. The summed E-state index contributed by atoms with van der Waals surface area (Å²) in [6, 6.07) is 13.0. The van der Waals surface area contributed by atoms with Gasteiger partial charge in [-0.15, -0.1) is 0 Å². The van der Waals surface area contributed by atoms with Crippen molar-refractivity contribution in [3.63, 3.8) is 0 Å². The standard InChI is InChI=1S/C58H73N9O6/c1-56(2)25-41(44(31-59)50(28-56)65-19-13-7-8-14-20-65)47(34-62)53(68)71-37-40(38-72-54(69)48(35-63)42-26-57(3,4)29-51(45(42)32-60)66-21-15-9-10-16-22-66)39-73-55(70)49(36-64)43-27-58(5,6)30-52(46(43)33-61)67-23-17-11-12-18-24-67/h40H,7-30,37-39H2,1-6H3/b47-41+,48-42+,49-43+. The van der Waals surface area contributed by atoms with Crippen LogP contribution in [0.15, 0.2) is 67.2 Å². The fourth-order valence-corrected chi connectivity index (χ4v) is 11.6. The molecule has 3 heterocycles. The van der Waals surface area contributed by atoms with E-state index in [9.17, 15) is 46.0 Å². The van der Waals surface area contributed by atoms with Crippen molar-refractivity contribution >= 4 is 17.9 Å². The van der Waals surface area contributed by atoms with Gasteiger partial charge in [-0.1, -0.05) is 80.1 Å². The second-order valence-electron chi connectivity index (χ2n) is 23.1. The van der Waals surface area contributed by atoms with Crippen LogP contribution < -0.4 is 0 Å². The van der Waals surface area contributed by atoms with E-state index < -0.39 is 59.9 Å². The summed E-state index contributed by atoms with van der Waals surface area (Å²) in [6.45, 7) is 15.2. The molecule has 3 aliphatic heterocycles. The summed E-state index contributed by atoms with van der Waals surface area (Å²) in [5.41, 5.74) is 1.99. The van der Waals surface area contributed by atoms with Gasteiger partial charge in [0.05, 0.1) is 22.6 Å². The van der Waals surface area contributed by atoms with E-state index in [0.29, 0.717) is 36.0 Å². The SMILES string of the molecule is CC1(C)CC(N2CCCCCC2)=C(C#N)/C(=C(\C#N)C(=O)OCC(COC(=O)/C(C#N)=C2\CC(C)(C)CC(N3CCCCCC3)=C2C#N)COC(=O)/C(C#N)=C2\CC(C)(C)CC(N3CCCCCC3)=C2C#N)C1. The number of rotatable bonds is 12. The minimum Gasteiger partial charge on any atom is -0.461 e. The molecule has 386 valence electrons. The number of ether oxygens (including phenoxy) is 3. The summed E-state index contributed by atoms with van der Waals surface area (Å²) in [5.74, 6) is -4.11. The van der Waals surface area contributed by atoms with Gasteiger partial charge in [0.15, 0.2) is 0 Å². The molecule has 0 aromatic carbocycles. The van der Waals surface area contributed by atoms with Crippen molar-refractivity contribution in [2.45, 2.75) is 157 Å². The summed E-state index contributed by atoms with van der Waals surface area (Å²) in [4.78, 5) is 49.1. The number of hydrogen-bond donors (Lipinski definition) is 0. The summed E-state index contributed by atoms with van der Waals surface area (Å²) in [5, 5.41) is 63.5. The van der Waals surface area contributed by atoms with E-state index in [-0.39, 0.29) is 52.7 Å². The molecule has 15 nitrogen and oxygen atoms in total. The Morgan fingerprint density at radius 1 is 0.411 bits per heavy atom. The van der Waals surface area contributed by atoms with Crippen molar-refractivity contribution in [2.24, 2.45) is 22.2 Å². The van der Waals surface area contributed by atoms with Gasteiger partial charge in [-0.05, 0) is 110 Å². The number of nitrogens with zero attached hydrogens (tertiary/aromatic N) is 9. The molecule has 0 atom stereocenters. The topological polar surface area (TPSA) is 231 Å². The fraction of sp³-hybridized carbons (Fsp3) is 0.638. The first-order valence-corrected chi connectivity index (χ1v) is 26.5. The van der Waals surface area contributed by atoms with Crippen molar-refractivity contribution in [2.75, 3.05) is 59.1 Å². The first-order valence-electron chi connectivity index (χ1n) is 26.5. The number of esters is 3. The molecule has 0 aromatic heterocycles. The Labute approximate surface area is 433 Å². The van der Waals surface area contributed by atoms with Gasteiger partial charge in [0.2, 0.25) is 0 Å². The molecule has 3 fully saturated rings. The molecule has 0 aromatic rings. The Morgan fingerprint density at radius 3 is 0.849 bits per heavy atom. The lowest BCUT2D eigenvalue weighted by Crippen LogP contribution is -2.33. The molecule has 0 spiro atoms. The van der Waals surface area contributed by atoms with E-state index in [1.807, 2.05) is 59.8 Å². The predicted molar refractivity (Wildman–Crippen MR) is 271 cm³/mol. The van der Waals surface area contributed by atoms with Crippen LogP contribution in [0.5, 0.6) is 0 Å². The minimum atomic E-state index is -1.08. The number of hydrogen-bond acceptors (Lipinski definition) is 15. The van der Waals surface area contributed by atoms with Crippen LogP contribution in [0.1, 0.15) is 157 Å². The molecule has 6 rings (SSSR count). The number of carbonyl (C=O) groups is 3. The van der Waals surface area contributed by atoms with Gasteiger partial charge in [0, 0.05) is 56.4 Å². The van der Waals surface area contributed by atoms with Crippen LogP contribution in [0.2, 0.25) is 0 Å². The average molecular weight is 992 g/mol. The van der Waals surface area contributed by atoms with Crippen LogP contribution in [0.3, 0.4) is 0 Å². The molecule has 0 bridgehead atoms. The van der Waals surface area contributed by atoms with Crippen molar-refractivity contribution < 1.29 is 28.6 Å². The molecule has 3 saturated heterocycles. The third-order valence-corrected chi connectivity index (χ3v) is 15.2. The quantitative estimate of drug-likeness (QED) is 0.0766. The maximum absolute atomic E-state index is 14.2. The van der Waals surface area contributed by atoms with E-state index in [2.05, 4.69) is 32.9 Å². The number of allylic oxidation sites excluding steroid dienone is 9. The van der Waals surface area contributed by atoms with Crippen LogP contribution >= 0.6 is 0 Å². The van der Waals surface area contributed by atoms with Crippen molar-refractivity contribution in [3.05, 3.63) is 67.2 Å². The van der Waals surface area contributed by atoms with E-state index in [1.54, 1.807) is 0 Å². The molecular weight excluding hydrogens is 919 g/mol. The summed E-state index contributed by atoms with van der Waals surface area (Å²) < 4.78 is 17.5. The van der Waals surface area contributed by atoms with Crippen LogP contribution in [-0.2, 0) is 28.6 Å². The Kier molecular flexibility index (Phi) is 18.8. The van der Waals surface area contributed by atoms with E-state index in [1.165, 1.54) is 0 Å². The van der Waals surface area contributed by atoms with E-state index in [4.69, 9.17) is 14.2 Å². The van der Waals surface area contributed by atoms with Crippen LogP contribution in [0.25, 0.3) is 0 Å².